The van der Waals surface area contributed by atoms with Crippen LogP contribution in [-0.2, 0) is 0 Å². The number of alkyl halides is 1. The smallest absolute Gasteiger partial charge is 0.319 e. The number of nitrogens with zero attached hydrogens (tertiary/aromatic N) is 5. The van der Waals surface area contributed by atoms with Gasteiger partial charge in [-0.3, -0.25) is 9.88 Å². The highest BCUT2D eigenvalue weighted by atomic mass is 35.5. The topological polar surface area (TPSA) is 74.6 Å². The molecule has 0 spiro atoms. The highest BCUT2D eigenvalue weighted by Crippen LogP contribution is 2.44. The summed E-state index contributed by atoms with van der Waals surface area (Å²) in [6.07, 6.45) is 5.19. The molecule has 7 rings (SSSR count). The molecule has 0 bridgehead atoms. The van der Waals surface area contributed by atoms with Gasteiger partial charge in [0.05, 0.1) is 18.4 Å². The van der Waals surface area contributed by atoms with Crippen LogP contribution in [0.25, 0.3) is 16.5 Å². The number of aromatic nitrogens is 3. The quantitative estimate of drug-likeness (QED) is 0.462. The predicted molar refractivity (Wildman–Crippen MR) is 145 cm³/mol. The van der Waals surface area contributed by atoms with Crippen LogP contribution in [0.15, 0.2) is 30.5 Å². The molecule has 0 unspecified atom stereocenters. The normalized spacial score (nSPS) is 28.9. The summed E-state index contributed by atoms with van der Waals surface area (Å²) in [6, 6.07) is 4.91. The fraction of sp³-hybridized carbons (Fsp3) is 0.483. The van der Waals surface area contributed by atoms with Crippen molar-refractivity contribution in [1.82, 2.24) is 19.9 Å². The Balaban J connectivity index is 1.33. The zero-order valence-corrected chi connectivity index (χ0v) is 22.2. The van der Waals surface area contributed by atoms with E-state index in [2.05, 4.69) is 19.8 Å². The van der Waals surface area contributed by atoms with Crippen LogP contribution >= 0.6 is 11.6 Å². The molecule has 4 aliphatic rings. The van der Waals surface area contributed by atoms with E-state index in [4.69, 9.17) is 22.7 Å². The molecule has 2 aromatic heterocycles. The number of hydrogen-bond donors (Lipinski definition) is 1. The summed E-state index contributed by atoms with van der Waals surface area (Å²) in [5, 5.41) is 11.5. The molecule has 3 fully saturated rings. The highest BCUT2D eigenvalue weighted by Gasteiger charge is 2.49. The van der Waals surface area contributed by atoms with Crippen LogP contribution < -0.4 is 9.64 Å². The maximum Gasteiger partial charge on any atom is 0.319 e. The summed E-state index contributed by atoms with van der Waals surface area (Å²) in [5.74, 6) is -0.146. The van der Waals surface area contributed by atoms with E-state index in [1.807, 2.05) is 0 Å². The first-order valence-corrected chi connectivity index (χ1v) is 14.0. The number of hydrogen-bond acceptors (Lipinski definition) is 7. The van der Waals surface area contributed by atoms with Gasteiger partial charge in [0.15, 0.2) is 5.82 Å². The Kier molecular flexibility index (Phi) is 5.92. The van der Waals surface area contributed by atoms with E-state index < -0.39 is 23.6 Å². The molecular weight excluding hydrogens is 524 g/mol. The molecule has 10 heteroatoms. The number of anilines is 1. The van der Waals surface area contributed by atoms with Gasteiger partial charge < -0.3 is 14.7 Å². The summed E-state index contributed by atoms with van der Waals surface area (Å²) in [6.45, 7) is 3.03. The Labute approximate surface area is 231 Å². The second-order valence-electron chi connectivity index (χ2n) is 11.0. The van der Waals surface area contributed by atoms with E-state index in [0.717, 1.165) is 51.7 Å². The molecule has 7 nitrogen and oxygen atoms in total. The van der Waals surface area contributed by atoms with E-state index in [9.17, 15) is 9.50 Å². The highest BCUT2D eigenvalue weighted by molar-refractivity contribution is 6.33. The first-order valence-electron chi connectivity index (χ1n) is 14.1. The van der Waals surface area contributed by atoms with Crippen molar-refractivity contribution in [3.63, 3.8) is 0 Å². The first-order chi connectivity index (χ1) is 19.3. The van der Waals surface area contributed by atoms with Gasteiger partial charge in [-0.15, -0.1) is 0 Å². The molecule has 1 N–H and O–H groups in total. The van der Waals surface area contributed by atoms with Crippen molar-refractivity contribution in [3.8, 4) is 6.01 Å². The molecule has 3 aromatic rings. The summed E-state index contributed by atoms with van der Waals surface area (Å²) < 4.78 is 45.3. The van der Waals surface area contributed by atoms with Crippen LogP contribution in [-0.4, -0.2) is 69.5 Å². The Morgan fingerprint density at radius 3 is 2.87 bits per heavy atom. The first kappa shape index (κ1) is 24.0. The van der Waals surface area contributed by atoms with E-state index in [-0.39, 0.29) is 40.0 Å². The SMILES string of the molecule is [2H][C@@]1(O)C=C(c2ncc3c(N4CCCCC4)nc(OC[C@@]45CCCN4C[C@H](F)C5)nc3c2F)c2c(Cl)cccc21. The third kappa shape index (κ3) is 4.17. The molecule has 0 amide bonds. The lowest BCUT2D eigenvalue weighted by molar-refractivity contribution is 0.107. The molecule has 1 aliphatic carbocycles. The third-order valence-electron chi connectivity index (χ3n) is 8.63. The van der Waals surface area contributed by atoms with Gasteiger partial charge in [0.1, 0.15) is 29.8 Å². The number of piperidine rings is 1. The van der Waals surface area contributed by atoms with Crippen LogP contribution in [0.1, 0.15) is 62.8 Å². The molecule has 204 valence electrons. The molecular formula is C29H30ClF2N5O2. The van der Waals surface area contributed by atoms with Gasteiger partial charge in [-0.1, -0.05) is 23.7 Å². The van der Waals surface area contributed by atoms with Crippen LogP contribution in [0.4, 0.5) is 14.6 Å². The second-order valence-corrected chi connectivity index (χ2v) is 11.4. The number of fused-ring (bicyclic) bond motifs is 3. The Morgan fingerprint density at radius 1 is 1.18 bits per heavy atom. The zero-order valence-electron chi connectivity index (χ0n) is 22.5. The monoisotopic (exact) mass is 554 g/mol. The number of halogens is 3. The standard InChI is InChI=1S/C29H30ClF2N5O2/c30-21-7-4-6-18-22(38)12-19(23(18)21)25-24(32)26-20(14-33-25)27(36-9-2-1-3-10-36)35-28(34-26)39-16-29-8-5-11-37(29)15-17(31)13-29/h4,6-7,12,14,17,22,38H,1-3,5,8-11,13,15-16H2/t17-,22-,29+/m1/s1/i22D. The molecule has 39 heavy (non-hydrogen) atoms. The van der Waals surface area contributed by atoms with Crippen molar-refractivity contribution in [1.29, 1.82) is 0 Å². The van der Waals surface area contributed by atoms with Crippen LogP contribution in [0.2, 0.25) is 5.02 Å². The summed E-state index contributed by atoms with van der Waals surface area (Å²) in [4.78, 5) is 17.9. The summed E-state index contributed by atoms with van der Waals surface area (Å²) in [5.41, 5.74) is 0.464. The van der Waals surface area contributed by atoms with Crippen LogP contribution in [0.3, 0.4) is 0 Å². The van der Waals surface area contributed by atoms with E-state index in [0.29, 0.717) is 29.7 Å². The van der Waals surface area contributed by atoms with E-state index in [1.54, 1.807) is 24.4 Å². The lowest BCUT2D eigenvalue weighted by Gasteiger charge is -2.31. The third-order valence-corrected chi connectivity index (χ3v) is 8.94. The van der Waals surface area contributed by atoms with Crippen molar-refractivity contribution in [3.05, 3.63) is 58.1 Å². The molecule has 0 saturated carbocycles. The van der Waals surface area contributed by atoms with Crippen LogP contribution in [0.5, 0.6) is 6.01 Å². The van der Waals surface area contributed by atoms with Crippen molar-refractivity contribution in [2.45, 2.75) is 56.3 Å². The molecule has 3 atom stereocenters. The lowest BCUT2D eigenvalue weighted by Crippen LogP contribution is -2.43. The van der Waals surface area contributed by atoms with Gasteiger partial charge in [0, 0.05) is 48.4 Å². The maximum atomic E-state index is 16.4. The minimum absolute atomic E-state index is 0.0427. The minimum atomic E-state index is -2.07. The van der Waals surface area contributed by atoms with Crippen molar-refractivity contribution in [2.75, 3.05) is 37.7 Å². The number of pyridine rings is 1. The fourth-order valence-corrected chi connectivity index (χ4v) is 7.03. The Morgan fingerprint density at radius 2 is 2.03 bits per heavy atom. The van der Waals surface area contributed by atoms with Gasteiger partial charge in [0.25, 0.3) is 0 Å². The van der Waals surface area contributed by atoms with E-state index in [1.165, 1.54) is 6.08 Å². The average Bonchev–Trinajstić information content (AvgIpc) is 3.56. The van der Waals surface area contributed by atoms with Gasteiger partial charge in [0.2, 0.25) is 0 Å². The fourth-order valence-electron chi connectivity index (χ4n) is 6.75. The average molecular weight is 555 g/mol. The molecule has 1 aromatic carbocycles. The van der Waals surface area contributed by atoms with Crippen molar-refractivity contribution in [2.24, 2.45) is 0 Å². The predicted octanol–water partition coefficient (Wildman–Crippen LogP) is 5.24. The Hall–Kier alpha value is -2.88. The van der Waals surface area contributed by atoms with Crippen LogP contribution in [0, 0.1) is 5.82 Å². The number of aliphatic hydroxyl groups is 1. The van der Waals surface area contributed by atoms with Crippen molar-refractivity contribution < 1.29 is 20.0 Å². The second kappa shape index (κ2) is 9.64. The molecule has 5 heterocycles. The largest absolute Gasteiger partial charge is 0.461 e. The zero-order chi connectivity index (χ0) is 27.6. The van der Waals surface area contributed by atoms with Gasteiger partial charge >= 0.3 is 6.01 Å². The number of ether oxygens (including phenoxy) is 1. The Bertz CT molecular complexity index is 1530. The summed E-state index contributed by atoms with van der Waals surface area (Å²) in [7, 11) is 0. The van der Waals surface area contributed by atoms with Gasteiger partial charge in [-0.25, -0.2) is 8.78 Å². The molecule has 0 radical (unpaired) electrons. The summed E-state index contributed by atoms with van der Waals surface area (Å²) >= 11 is 6.45. The van der Waals surface area contributed by atoms with Gasteiger partial charge in [-0.2, -0.15) is 9.97 Å². The number of benzene rings is 1. The lowest BCUT2D eigenvalue weighted by atomic mass is 9.95. The minimum Gasteiger partial charge on any atom is -0.461 e. The van der Waals surface area contributed by atoms with E-state index >= 15 is 4.39 Å². The maximum absolute atomic E-state index is 16.4. The van der Waals surface area contributed by atoms with Crippen molar-refractivity contribution >= 4 is 33.9 Å². The molecule has 3 saturated heterocycles. The van der Waals surface area contributed by atoms with Gasteiger partial charge in [-0.05, 0) is 56.4 Å². The molecule has 3 aliphatic heterocycles. The number of rotatable bonds is 5.